The molecule has 0 aliphatic heterocycles. The second kappa shape index (κ2) is 14.3. The number of benzene rings is 4. The molecule has 4 rings (SSSR count). The van der Waals surface area contributed by atoms with Crippen LogP contribution in [0, 0.1) is 5.41 Å². The lowest BCUT2D eigenvalue weighted by Gasteiger charge is -2.20. The average molecular weight is 678 g/mol. The van der Waals surface area contributed by atoms with E-state index in [2.05, 4.69) is 31.9 Å². The third-order valence-electron chi connectivity index (χ3n) is 6.76. The number of nitrogen functional groups attached to an aromatic ring is 2. The lowest BCUT2D eigenvalue weighted by Crippen LogP contribution is -2.25. The fourth-order valence-electron chi connectivity index (χ4n) is 4.64. The highest BCUT2D eigenvalue weighted by atomic mass is 79.9. The summed E-state index contributed by atoms with van der Waals surface area (Å²) >= 11 is 10.2. The van der Waals surface area contributed by atoms with Gasteiger partial charge in [0.25, 0.3) is 5.91 Å². The quantitative estimate of drug-likeness (QED) is 0.0448. The van der Waals surface area contributed by atoms with Crippen LogP contribution in [0.15, 0.2) is 77.3 Å². The molecule has 0 atom stereocenters. The van der Waals surface area contributed by atoms with Crippen molar-refractivity contribution in [2.45, 2.75) is 39.4 Å². The molecule has 0 saturated carbocycles. The van der Waals surface area contributed by atoms with Crippen LogP contribution in [0.5, 0.6) is 5.75 Å². The van der Waals surface area contributed by atoms with Crippen LogP contribution in [-0.4, -0.2) is 28.8 Å². The molecule has 4 aromatic rings. The zero-order chi connectivity index (χ0) is 32.0. The van der Waals surface area contributed by atoms with Gasteiger partial charge in [0, 0.05) is 51.5 Å². The van der Waals surface area contributed by atoms with E-state index in [1.807, 2.05) is 38.1 Å². The van der Waals surface area contributed by atoms with Crippen molar-refractivity contribution >= 4 is 56.6 Å². The zero-order valence-corrected chi connectivity index (χ0v) is 26.6. The van der Waals surface area contributed by atoms with Crippen LogP contribution in [0.4, 0.5) is 11.4 Å². The molecule has 44 heavy (non-hydrogen) atoms. The van der Waals surface area contributed by atoms with Gasteiger partial charge in [-0.15, -0.1) is 0 Å². The predicted octanol–water partition coefficient (Wildman–Crippen LogP) is 5.95. The number of rotatable bonds is 11. The van der Waals surface area contributed by atoms with Crippen LogP contribution < -0.4 is 27.4 Å². The number of nitrogens with two attached hydrogens (primary N) is 2. The largest absolute Gasteiger partial charge is 0.505 e. The van der Waals surface area contributed by atoms with E-state index >= 15 is 0 Å². The van der Waals surface area contributed by atoms with Crippen molar-refractivity contribution in [3.05, 3.63) is 110 Å². The number of amidine groups is 1. The molecule has 0 saturated heterocycles. The van der Waals surface area contributed by atoms with Gasteiger partial charge in [0.2, 0.25) is 5.91 Å². The number of phenolic OH excluding ortho intramolecular Hbond substituents is 1. The number of aromatic hydroxyl groups is 1. The van der Waals surface area contributed by atoms with Crippen molar-refractivity contribution in [2.24, 2.45) is 5.73 Å². The molecule has 9 nitrogen and oxygen atoms in total. The summed E-state index contributed by atoms with van der Waals surface area (Å²) in [6.07, 6.45) is -0.195. The summed E-state index contributed by atoms with van der Waals surface area (Å²) in [5, 5.41) is 28.1. The summed E-state index contributed by atoms with van der Waals surface area (Å²) in [5.41, 5.74) is 16.3. The molecule has 0 heterocycles. The minimum Gasteiger partial charge on any atom is -0.505 e. The van der Waals surface area contributed by atoms with Gasteiger partial charge in [-0.2, -0.15) is 0 Å². The third-order valence-corrected chi connectivity index (χ3v) is 7.59. The van der Waals surface area contributed by atoms with E-state index in [9.17, 15) is 14.7 Å². The summed E-state index contributed by atoms with van der Waals surface area (Å²) in [4.78, 5) is 26.3. The van der Waals surface area contributed by atoms with Gasteiger partial charge in [-0.3, -0.25) is 15.0 Å². The Labute approximate surface area is 269 Å². The molecule has 0 unspecified atom stereocenters. The molecule has 0 spiro atoms. The van der Waals surface area contributed by atoms with E-state index in [1.54, 1.807) is 48.5 Å². The van der Waals surface area contributed by atoms with E-state index in [4.69, 9.17) is 28.5 Å². The molecule has 0 radical (unpaired) electrons. The van der Waals surface area contributed by atoms with E-state index < -0.39 is 0 Å². The predicted molar refractivity (Wildman–Crippen MR) is 180 cm³/mol. The van der Waals surface area contributed by atoms with Crippen LogP contribution >= 0.6 is 27.5 Å². The number of carbonyl (C=O) groups excluding carboxylic acids is 2. The van der Waals surface area contributed by atoms with Crippen LogP contribution in [0.3, 0.4) is 0 Å². The monoisotopic (exact) mass is 676 g/mol. The molecule has 0 bridgehead atoms. The number of nitrogens with one attached hydrogen (secondary N) is 4. The zero-order valence-electron chi connectivity index (χ0n) is 24.3. The molecular weight excluding hydrogens is 644 g/mol. The van der Waals surface area contributed by atoms with Crippen LogP contribution in [-0.2, 0) is 24.3 Å². The maximum atomic E-state index is 13.2. The Morgan fingerprint density at radius 2 is 1.55 bits per heavy atom. The molecule has 0 aromatic heterocycles. The normalized spacial score (nSPS) is 10.8. The third kappa shape index (κ3) is 8.30. The number of phenols is 1. The summed E-state index contributed by atoms with van der Waals surface area (Å²) in [6, 6.07) is 21.0. The van der Waals surface area contributed by atoms with Crippen LogP contribution in [0.1, 0.15) is 46.5 Å². The summed E-state index contributed by atoms with van der Waals surface area (Å²) in [5.74, 6) is -0.855. The Morgan fingerprint density at radius 1 is 0.932 bits per heavy atom. The molecule has 228 valence electrons. The lowest BCUT2D eigenvalue weighted by molar-refractivity contribution is -0.120. The Morgan fingerprint density at radius 3 is 2.16 bits per heavy atom. The second-order valence-corrected chi connectivity index (χ2v) is 11.9. The number of halogens is 2. The molecule has 11 heteroatoms. The van der Waals surface area contributed by atoms with Gasteiger partial charge in [0.05, 0.1) is 17.1 Å². The molecule has 2 amide bonds. The first-order chi connectivity index (χ1) is 20.9. The first kappa shape index (κ1) is 32.4. The van der Waals surface area contributed by atoms with E-state index in [1.165, 1.54) is 0 Å². The standard InChI is InChI=1S/C33H34BrClN6O3/c1-18(2)41-28-15-27(35)30(26(31(28)43)14-29(42)39-16-19-3-7-21(8-4-19)32(37)38)22-11-23(13-25(36)12-22)33(44)40-17-20-5-9-24(34)10-6-20/h3-13,15,18,41,43H,14,16-17,36H2,1-2H3,(H3,37,38)(H,39,42)(H,40,44). The smallest absolute Gasteiger partial charge is 0.251 e. The van der Waals surface area contributed by atoms with Crippen molar-refractivity contribution in [1.29, 1.82) is 5.41 Å². The molecular formula is C33H34BrClN6O3. The van der Waals surface area contributed by atoms with Gasteiger partial charge in [-0.25, -0.2) is 0 Å². The lowest BCUT2D eigenvalue weighted by atomic mass is 9.93. The van der Waals surface area contributed by atoms with Gasteiger partial charge < -0.3 is 32.5 Å². The van der Waals surface area contributed by atoms with Gasteiger partial charge >= 0.3 is 0 Å². The van der Waals surface area contributed by atoms with E-state index in [0.717, 1.165) is 15.6 Å². The molecule has 0 aliphatic carbocycles. The molecule has 9 N–H and O–H groups in total. The SMILES string of the molecule is CC(C)Nc1cc(Cl)c(-c2cc(N)cc(C(=O)NCc3ccc(Br)cc3)c2)c(CC(=O)NCc2ccc(C(=N)N)cc2)c1O. The van der Waals surface area contributed by atoms with E-state index in [0.29, 0.717) is 40.2 Å². The second-order valence-electron chi connectivity index (χ2n) is 10.6. The molecule has 4 aromatic carbocycles. The number of amides is 2. The fourth-order valence-corrected chi connectivity index (χ4v) is 5.23. The number of hydrogen-bond donors (Lipinski definition) is 7. The Bertz CT molecular complexity index is 1690. The minimum atomic E-state index is -0.355. The Kier molecular flexibility index (Phi) is 10.5. The fraction of sp³-hybridized carbons (Fsp3) is 0.182. The van der Waals surface area contributed by atoms with Crippen molar-refractivity contribution in [3.63, 3.8) is 0 Å². The highest BCUT2D eigenvalue weighted by molar-refractivity contribution is 9.10. The Balaban J connectivity index is 1.63. The first-order valence-electron chi connectivity index (χ1n) is 13.9. The van der Waals surface area contributed by atoms with Crippen LogP contribution in [0.25, 0.3) is 11.1 Å². The number of carbonyl (C=O) groups is 2. The van der Waals surface area contributed by atoms with E-state index in [-0.39, 0.29) is 53.0 Å². The maximum absolute atomic E-state index is 13.2. The van der Waals surface area contributed by atoms with Gasteiger partial charge in [-0.05, 0) is 66.9 Å². The maximum Gasteiger partial charge on any atom is 0.251 e. The average Bonchev–Trinajstić information content (AvgIpc) is 2.97. The van der Waals surface area contributed by atoms with Gasteiger partial charge in [-0.1, -0.05) is 63.9 Å². The minimum absolute atomic E-state index is 0.0177. The highest BCUT2D eigenvalue weighted by Crippen LogP contribution is 2.43. The van der Waals surface area contributed by atoms with Crippen molar-refractivity contribution in [2.75, 3.05) is 11.1 Å². The van der Waals surface area contributed by atoms with Crippen molar-refractivity contribution in [3.8, 4) is 16.9 Å². The van der Waals surface area contributed by atoms with Crippen molar-refractivity contribution in [1.82, 2.24) is 10.6 Å². The topological polar surface area (TPSA) is 166 Å². The summed E-state index contributed by atoms with van der Waals surface area (Å²) in [7, 11) is 0. The van der Waals surface area contributed by atoms with Gasteiger partial charge in [0.1, 0.15) is 11.6 Å². The first-order valence-corrected chi connectivity index (χ1v) is 15.0. The van der Waals surface area contributed by atoms with Crippen LogP contribution in [0.2, 0.25) is 5.02 Å². The Hall–Kier alpha value is -4.54. The summed E-state index contributed by atoms with van der Waals surface area (Å²) in [6.45, 7) is 4.38. The number of anilines is 2. The molecule has 0 aliphatic rings. The number of hydrogen-bond acceptors (Lipinski definition) is 6. The summed E-state index contributed by atoms with van der Waals surface area (Å²) < 4.78 is 0.940. The molecule has 0 fully saturated rings. The van der Waals surface area contributed by atoms with Crippen molar-refractivity contribution < 1.29 is 14.7 Å². The highest BCUT2D eigenvalue weighted by Gasteiger charge is 2.22. The van der Waals surface area contributed by atoms with Gasteiger partial charge in [0.15, 0.2) is 0 Å².